The van der Waals surface area contributed by atoms with Crippen molar-refractivity contribution in [2.24, 2.45) is 5.41 Å². The lowest BCUT2D eigenvalue weighted by molar-refractivity contribution is 0.120. The molecule has 2 atom stereocenters. The van der Waals surface area contributed by atoms with Crippen LogP contribution in [0.2, 0.25) is 0 Å². The number of sulfone groups is 1. The van der Waals surface area contributed by atoms with Gasteiger partial charge in [0.1, 0.15) is 9.84 Å². The van der Waals surface area contributed by atoms with Gasteiger partial charge in [-0.2, -0.15) is 5.26 Å². The predicted molar refractivity (Wildman–Crippen MR) is 52.4 cm³/mol. The van der Waals surface area contributed by atoms with Crippen LogP contribution in [0.4, 0.5) is 0 Å². The van der Waals surface area contributed by atoms with Crippen molar-refractivity contribution in [3.05, 3.63) is 0 Å². The van der Waals surface area contributed by atoms with E-state index >= 15 is 0 Å². The fourth-order valence-electron chi connectivity index (χ4n) is 1.98. The highest BCUT2D eigenvalue weighted by Gasteiger charge is 2.43. The molecule has 0 aromatic rings. The summed E-state index contributed by atoms with van der Waals surface area (Å²) in [7, 11) is -1.47. The molecule has 1 saturated carbocycles. The van der Waals surface area contributed by atoms with Crippen LogP contribution in [0.15, 0.2) is 0 Å². The zero-order valence-corrected chi connectivity index (χ0v) is 9.30. The second-order valence-electron chi connectivity index (χ2n) is 4.02. The third-order valence-electron chi connectivity index (χ3n) is 2.83. The molecule has 1 aliphatic carbocycles. The minimum Gasteiger partial charge on any atom is -0.383 e. The Kier molecular flexibility index (Phi) is 3.17. The van der Waals surface area contributed by atoms with Gasteiger partial charge in [0.05, 0.1) is 23.3 Å². The Labute approximate surface area is 84.8 Å². The monoisotopic (exact) mass is 217 g/mol. The van der Waals surface area contributed by atoms with Crippen molar-refractivity contribution in [3.63, 3.8) is 0 Å². The summed E-state index contributed by atoms with van der Waals surface area (Å²) in [5.74, 6) is 0. The van der Waals surface area contributed by atoms with E-state index in [9.17, 15) is 8.42 Å². The van der Waals surface area contributed by atoms with E-state index in [1.807, 2.05) is 0 Å². The molecule has 0 radical (unpaired) electrons. The molecule has 0 bridgehead atoms. The summed E-state index contributed by atoms with van der Waals surface area (Å²) in [6, 6.07) is 2.19. The van der Waals surface area contributed by atoms with Gasteiger partial charge in [-0.15, -0.1) is 0 Å². The number of rotatable bonds is 3. The van der Waals surface area contributed by atoms with Gasteiger partial charge in [0.15, 0.2) is 0 Å². The van der Waals surface area contributed by atoms with Crippen molar-refractivity contribution in [2.45, 2.75) is 24.5 Å². The molecule has 0 saturated heterocycles. The number of methoxy groups -OCH3 is 1. The van der Waals surface area contributed by atoms with Crippen LogP contribution in [0.3, 0.4) is 0 Å². The highest BCUT2D eigenvalue weighted by atomic mass is 32.2. The van der Waals surface area contributed by atoms with E-state index in [2.05, 4.69) is 6.07 Å². The predicted octanol–water partition coefficient (Wildman–Crippen LogP) is 0.740. The lowest BCUT2D eigenvalue weighted by Gasteiger charge is -2.18. The maximum Gasteiger partial charge on any atom is 0.150 e. The number of nitrogens with zero attached hydrogens (tertiary/aromatic N) is 1. The maximum absolute atomic E-state index is 11.3. The zero-order chi connectivity index (χ0) is 10.8. The quantitative estimate of drug-likeness (QED) is 0.699. The van der Waals surface area contributed by atoms with Crippen molar-refractivity contribution in [1.82, 2.24) is 0 Å². The van der Waals surface area contributed by atoms with Crippen LogP contribution >= 0.6 is 0 Å². The Balaban J connectivity index is 2.77. The third-order valence-corrected chi connectivity index (χ3v) is 4.44. The Bertz CT molecular complexity index is 344. The molecule has 0 N–H and O–H groups in total. The lowest BCUT2D eigenvalue weighted by atomic mass is 9.89. The van der Waals surface area contributed by atoms with E-state index in [1.54, 1.807) is 0 Å². The van der Waals surface area contributed by atoms with Crippen LogP contribution < -0.4 is 0 Å². The molecule has 0 heterocycles. The fraction of sp³-hybridized carbons (Fsp3) is 0.889. The third kappa shape index (κ3) is 2.25. The van der Waals surface area contributed by atoms with Gasteiger partial charge in [-0.1, -0.05) is 0 Å². The van der Waals surface area contributed by atoms with E-state index in [4.69, 9.17) is 10.00 Å². The van der Waals surface area contributed by atoms with Crippen LogP contribution in [-0.4, -0.2) is 33.6 Å². The molecule has 1 fully saturated rings. The molecular formula is C9H15NO3S. The molecule has 14 heavy (non-hydrogen) atoms. The normalized spacial score (nSPS) is 32.8. The van der Waals surface area contributed by atoms with Gasteiger partial charge >= 0.3 is 0 Å². The van der Waals surface area contributed by atoms with E-state index < -0.39 is 15.3 Å². The molecule has 0 amide bonds. The summed E-state index contributed by atoms with van der Waals surface area (Å²) in [6.45, 7) is 0.329. The fourth-order valence-corrected chi connectivity index (χ4v) is 3.15. The van der Waals surface area contributed by atoms with E-state index in [-0.39, 0.29) is 5.25 Å². The van der Waals surface area contributed by atoms with Crippen molar-refractivity contribution in [2.75, 3.05) is 20.0 Å². The van der Waals surface area contributed by atoms with Crippen LogP contribution in [-0.2, 0) is 14.6 Å². The van der Waals surface area contributed by atoms with E-state index in [0.29, 0.717) is 25.9 Å². The van der Waals surface area contributed by atoms with Gasteiger partial charge in [-0.3, -0.25) is 0 Å². The summed E-state index contributed by atoms with van der Waals surface area (Å²) < 4.78 is 27.5. The number of hydrogen-bond donors (Lipinski definition) is 0. The second kappa shape index (κ2) is 3.87. The first-order valence-corrected chi connectivity index (χ1v) is 6.48. The van der Waals surface area contributed by atoms with Crippen molar-refractivity contribution in [1.29, 1.82) is 5.26 Å². The maximum atomic E-state index is 11.3. The Morgan fingerprint density at radius 1 is 1.64 bits per heavy atom. The highest BCUT2D eigenvalue weighted by molar-refractivity contribution is 7.91. The minimum absolute atomic E-state index is 0.329. The van der Waals surface area contributed by atoms with Crippen LogP contribution in [0, 0.1) is 16.7 Å². The molecule has 1 aliphatic rings. The summed E-state index contributed by atoms with van der Waals surface area (Å²) in [5, 5.41) is 8.64. The average molecular weight is 217 g/mol. The molecule has 80 valence electrons. The first-order chi connectivity index (χ1) is 6.43. The molecule has 0 aliphatic heterocycles. The molecule has 0 aromatic carbocycles. The number of hydrogen-bond acceptors (Lipinski definition) is 4. The summed E-state index contributed by atoms with van der Waals surface area (Å²) in [6.07, 6.45) is 2.85. The summed E-state index contributed by atoms with van der Waals surface area (Å²) >= 11 is 0. The molecule has 2 unspecified atom stereocenters. The van der Waals surface area contributed by atoms with Gasteiger partial charge in [-0.25, -0.2) is 8.42 Å². The van der Waals surface area contributed by atoms with Crippen molar-refractivity contribution in [3.8, 4) is 6.07 Å². The van der Waals surface area contributed by atoms with Gasteiger partial charge in [-0.05, 0) is 19.3 Å². The van der Waals surface area contributed by atoms with Crippen LogP contribution in [0.1, 0.15) is 19.3 Å². The standard InChI is InChI=1S/C9H15NO3S/c1-13-7-9(6-10)4-3-8(5-9)14(2,11)12/h8H,3-5,7H2,1-2H3. The van der Waals surface area contributed by atoms with Gasteiger partial charge < -0.3 is 4.74 Å². The Hall–Kier alpha value is -0.600. The van der Waals surface area contributed by atoms with Gasteiger partial charge in [0.2, 0.25) is 0 Å². The second-order valence-corrected chi connectivity index (χ2v) is 6.35. The molecule has 0 aromatic heterocycles. The topological polar surface area (TPSA) is 67.2 Å². The van der Waals surface area contributed by atoms with Crippen molar-refractivity contribution < 1.29 is 13.2 Å². The van der Waals surface area contributed by atoms with E-state index in [0.717, 1.165) is 0 Å². The molecule has 1 rings (SSSR count). The smallest absolute Gasteiger partial charge is 0.150 e. The van der Waals surface area contributed by atoms with Crippen LogP contribution in [0.5, 0.6) is 0 Å². The summed E-state index contributed by atoms with van der Waals surface area (Å²) in [5.41, 5.74) is -0.581. The molecule has 0 spiro atoms. The van der Waals surface area contributed by atoms with E-state index in [1.165, 1.54) is 13.4 Å². The Morgan fingerprint density at radius 2 is 2.29 bits per heavy atom. The van der Waals surface area contributed by atoms with Gasteiger partial charge in [0.25, 0.3) is 0 Å². The number of ether oxygens (including phenoxy) is 1. The lowest BCUT2D eigenvalue weighted by Crippen LogP contribution is -2.24. The average Bonchev–Trinajstić information content (AvgIpc) is 2.50. The molecule has 5 heteroatoms. The molecule has 4 nitrogen and oxygen atoms in total. The largest absolute Gasteiger partial charge is 0.383 e. The molecular weight excluding hydrogens is 202 g/mol. The van der Waals surface area contributed by atoms with Gasteiger partial charge in [0, 0.05) is 13.4 Å². The minimum atomic E-state index is -3.01. The van der Waals surface area contributed by atoms with Crippen LogP contribution in [0.25, 0.3) is 0 Å². The SMILES string of the molecule is COCC1(C#N)CCC(S(C)(=O)=O)C1. The first kappa shape index (κ1) is 11.5. The van der Waals surface area contributed by atoms with Crippen molar-refractivity contribution >= 4 is 9.84 Å². The zero-order valence-electron chi connectivity index (χ0n) is 8.49. The Morgan fingerprint density at radius 3 is 2.64 bits per heavy atom. The number of nitriles is 1. The first-order valence-electron chi connectivity index (χ1n) is 4.52. The highest BCUT2D eigenvalue weighted by Crippen LogP contribution is 2.40. The summed E-state index contributed by atoms with van der Waals surface area (Å²) in [4.78, 5) is 0.